The minimum atomic E-state index is 0. The van der Waals surface area contributed by atoms with E-state index in [1.54, 1.807) is 12.4 Å². The van der Waals surface area contributed by atoms with Gasteiger partial charge in [0.05, 0.1) is 11.8 Å². The second-order valence-corrected chi connectivity index (χ2v) is 9.73. The smallest absolute Gasteiger partial charge is 0.120 e. The summed E-state index contributed by atoms with van der Waals surface area (Å²) >= 11 is 0. The molecule has 4 nitrogen and oxygen atoms in total. The van der Waals surface area contributed by atoms with Crippen LogP contribution in [0, 0.1) is 25.2 Å². The largest absolute Gasteiger partial charge is 0.501 e. The van der Waals surface area contributed by atoms with E-state index in [4.69, 9.17) is 4.42 Å². The van der Waals surface area contributed by atoms with E-state index in [1.165, 1.54) is 0 Å². The molecular weight excluding hydrogens is 731 g/mol. The molecule has 0 N–H and O–H groups in total. The average molecular weight is 759 g/mol. The Morgan fingerprint density at radius 3 is 1.87 bits per heavy atom. The Kier molecular flexibility index (Phi) is 10.6. The van der Waals surface area contributed by atoms with Crippen LogP contribution in [0.3, 0.4) is 0 Å². The normalized spacial score (nSPS) is 10.1. The minimum absolute atomic E-state index is 0. The van der Waals surface area contributed by atoms with E-state index in [9.17, 15) is 0 Å². The van der Waals surface area contributed by atoms with Gasteiger partial charge in [0.1, 0.15) is 11.3 Å². The Labute approximate surface area is 277 Å². The number of fused-ring (bicyclic) bond motifs is 3. The Hall–Kier alpha value is -5.35. The molecule has 0 aliphatic rings. The Morgan fingerprint density at radius 1 is 0.556 bits per heavy atom. The first-order chi connectivity index (χ1) is 21.8. The van der Waals surface area contributed by atoms with Crippen LogP contribution in [0.25, 0.3) is 55.7 Å². The van der Waals surface area contributed by atoms with Gasteiger partial charge >= 0.3 is 0 Å². The molecule has 0 fully saturated rings. The molecule has 0 saturated carbocycles. The van der Waals surface area contributed by atoms with Crippen LogP contribution in [0.15, 0.2) is 163 Å². The van der Waals surface area contributed by atoms with Crippen LogP contribution in [-0.4, -0.2) is 9.97 Å². The maximum absolute atomic E-state index is 5.97. The van der Waals surface area contributed by atoms with Crippen molar-refractivity contribution in [1.82, 2.24) is 9.97 Å². The summed E-state index contributed by atoms with van der Waals surface area (Å²) in [5.74, 6) is 0. The molecule has 0 saturated heterocycles. The van der Waals surface area contributed by atoms with Crippen molar-refractivity contribution in [3.8, 4) is 33.8 Å². The number of pyridine rings is 3. The molecule has 8 rings (SSSR count). The Morgan fingerprint density at radius 2 is 1.20 bits per heavy atom. The molecule has 4 heterocycles. The van der Waals surface area contributed by atoms with Gasteiger partial charge in [-0.1, -0.05) is 71.1 Å². The van der Waals surface area contributed by atoms with Crippen LogP contribution >= 0.6 is 0 Å². The van der Waals surface area contributed by atoms with Gasteiger partial charge in [-0.3, -0.25) is 0 Å². The van der Waals surface area contributed by atoms with Crippen LogP contribution in [0.1, 0.15) is 0 Å². The van der Waals surface area contributed by atoms with Gasteiger partial charge in [-0.15, -0.1) is 84.4 Å². The fourth-order valence-electron chi connectivity index (χ4n) is 4.74. The number of hydrogen-bond acceptors (Lipinski definition) is 3. The zero-order valence-corrected chi connectivity index (χ0v) is 26.7. The molecule has 5 heteroatoms. The third-order valence-electron chi connectivity index (χ3n) is 6.84. The van der Waals surface area contributed by atoms with Crippen molar-refractivity contribution in [2.45, 2.75) is 0 Å². The topological polar surface area (TPSA) is 42.8 Å². The maximum atomic E-state index is 5.97. The van der Waals surface area contributed by atoms with Gasteiger partial charge in [-0.25, -0.2) is 0 Å². The van der Waals surface area contributed by atoms with Gasteiger partial charge in [0, 0.05) is 44.9 Å². The first kappa shape index (κ1) is 31.1. The third-order valence-corrected chi connectivity index (χ3v) is 6.84. The van der Waals surface area contributed by atoms with Crippen LogP contribution < -0.4 is 4.57 Å². The molecular formula is C40H28IrN3O-3. The van der Waals surface area contributed by atoms with E-state index < -0.39 is 0 Å². The van der Waals surface area contributed by atoms with Crippen molar-refractivity contribution in [2.75, 3.05) is 0 Å². The Balaban J connectivity index is 0.000000137. The summed E-state index contributed by atoms with van der Waals surface area (Å²) in [7, 11) is 3.89. The second-order valence-electron chi connectivity index (χ2n) is 9.73. The molecule has 45 heavy (non-hydrogen) atoms. The first-order valence-electron chi connectivity index (χ1n) is 14.2. The fraction of sp³-hybridized carbons (Fsp3) is 0. The number of para-hydroxylation sites is 1. The summed E-state index contributed by atoms with van der Waals surface area (Å²) in [6.07, 6.45) is 5.50. The summed E-state index contributed by atoms with van der Waals surface area (Å²) in [4.78, 5) is 8.60. The van der Waals surface area contributed by atoms with Crippen LogP contribution in [0.4, 0.5) is 0 Å². The quantitative estimate of drug-likeness (QED) is 0.134. The van der Waals surface area contributed by atoms with E-state index in [2.05, 4.69) is 41.3 Å². The van der Waals surface area contributed by atoms with Gasteiger partial charge in [0.2, 0.25) is 0 Å². The van der Waals surface area contributed by atoms with Crippen LogP contribution in [-0.2, 0) is 20.1 Å². The van der Waals surface area contributed by atoms with Crippen molar-refractivity contribution in [1.29, 1.82) is 0 Å². The summed E-state index contributed by atoms with van der Waals surface area (Å²) < 4.78 is 7.81. The number of benzene rings is 4. The zero-order valence-electron chi connectivity index (χ0n) is 24.3. The first-order valence-corrected chi connectivity index (χ1v) is 14.2. The van der Waals surface area contributed by atoms with E-state index in [1.807, 2.05) is 144 Å². The predicted molar refractivity (Wildman–Crippen MR) is 176 cm³/mol. The molecule has 221 valence electrons. The average Bonchev–Trinajstić information content (AvgIpc) is 3.50. The number of hydrogen-bond donors (Lipinski definition) is 0. The minimum Gasteiger partial charge on any atom is -0.501 e. The zero-order chi connectivity index (χ0) is 30.0. The summed E-state index contributed by atoms with van der Waals surface area (Å²) in [5, 5.41) is 2.23. The van der Waals surface area contributed by atoms with Crippen LogP contribution in [0.2, 0.25) is 0 Å². The summed E-state index contributed by atoms with van der Waals surface area (Å²) in [6.45, 7) is 0. The number of furan rings is 1. The molecule has 0 bridgehead atoms. The maximum Gasteiger partial charge on any atom is 0.120 e. The van der Waals surface area contributed by atoms with Crippen molar-refractivity contribution in [3.63, 3.8) is 0 Å². The van der Waals surface area contributed by atoms with Gasteiger partial charge in [0.25, 0.3) is 0 Å². The van der Waals surface area contributed by atoms with E-state index in [0.29, 0.717) is 0 Å². The molecule has 0 aliphatic carbocycles. The molecule has 0 aliphatic heterocycles. The van der Waals surface area contributed by atoms with Gasteiger partial charge in [-0.2, -0.15) is 0 Å². The van der Waals surface area contributed by atoms with Crippen molar-refractivity contribution in [2.24, 2.45) is 0 Å². The molecule has 8 aromatic rings. The summed E-state index contributed by atoms with van der Waals surface area (Å²) in [5.41, 5.74) is 7.69. The molecule has 0 spiro atoms. The van der Waals surface area contributed by atoms with Gasteiger partial charge < -0.3 is 19.0 Å². The molecule has 0 atom stereocenters. The Bertz CT molecular complexity index is 2030. The fourth-order valence-corrected chi connectivity index (χ4v) is 4.74. The van der Waals surface area contributed by atoms with Gasteiger partial charge in [0.15, 0.2) is 0 Å². The SMILES string of the molecule is [CH2-][n+]1ccccc1-c1[c-]cccc1.[Ir].[c-]1ccc2c(oc3ccccc32)c1-c1ccccn1.[c-]1ccccc1-c1ccccn1. The number of aromatic nitrogens is 3. The standard InChI is InChI=1S/C17H10NO.C12H10N.C11H8N.Ir/c1-2-10-16-12(6-1)13-7-5-8-14(17(13)19-16)15-9-3-4-11-18-15;1-13-10-6-5-9-12(13)11-7-3-2-4-8-11;1-2-6-10(7-3-1)11-8-4-5-9-12-11;/h1-7,9-11H;2-7,9-10H,1H2;1-6,8-9H;/q3*-1;. The van der Waals surface area contributed by atoms with Crippen molar-refractivity contribution < 1.29 is 29.1 Å². The van der Waals surface area contributed by atoms with Crippen LogP contribution in [0.5, 0.6) is 0 Å². The van der Waals surface area contributed by atoms with Gasteiger partial charge in [-0.05, 0) is 35.7 Å². The van der Waals surface area contributed by atoms with Crippen molar-refractivity contribution in [3.05, 3.63) is 183 Å². The molecule has 0 unspecified atom stereocenters. The number of rotatable bonds is 3. The van der Waals surface area contributed by atoms with E-state index >= 15 is 0 Å². The second kappa shape index (κ2) is 15.4. The summed E-state index contributed by atoms with van der Waals surface area (Å²) in [6, 6.07) is 54.9. The number of nitrogens with zero attached hydrogens (tertiary/aromatic N) is 3. The predicted octanol–water partition coefficient (Wildman–Crippen LogP) is 9.08. The molecule has 0 amide bonds. The monoisotopic (exact) mass is 759 g/mol. The molecule has 4 aromatic carbocycles. The van der Waals surface area contributed by atoms with E-state index in [-0.39, 0.29) is 20.1 Å². The molecule has 4 aromatic heterocycles. The molecule has 1 radical (unpaired) electrons. The van der Waals surface area contributed by atoms with Crippen molar-refractivity contribution >= 4 is 21.9 Å². The third kappa shape index (κ3) is 7.60. The van der Waals surface area contributed by atoms with E-state index in [0.717, 1.165) is 55.7 Å².